The van der Waals surface area contributed by atoms with Crippen molar-refractivity contribution in [3.05, 3.63) is 35.4 Å². The van der Waals surface area contributed by atoms with Crippen LogP contribution in [0.15, 0.2) is 18.2 Å². The summed E-state index contributed by atoms with van der Waals surface area (Å²) >= 11 is 0. The lowest BCUT2D eigenvalue weighted by Gasteiger charge is -2.38. The monoisotopic (exact) mass is 282 g/mol. The lowest BCUT2D eigenvalue weighted by molar-refractivity contribution is -0.134. The summed E-state index contributed by atoms with van der Waals surface area (Å²) in [5.74, 6) is -1.89. The first-order valence-electron chi connectivity index (χ1n) is 6.98. The van der Waals surface area contributed by atoms with Gasteiger partial charge < -0.3 is 10.6 Å². The summed E-state index contributed by atoms with van der Waals surface area (Å²) in [6, 6.07) is 3.54. The van der Waals surface area contributed by atoms with Crippen LogP contribution in [0.5, 0.6) is 0 Å². The number of piperidine rings is 1. The van der Waals surface area contributed by atoms with Gasteiger partial charge in [0.25, 0.3) is 0 Å². The van der Waals surface area contributed by atoms with Crippen molar-refractivity contribution in [1.29, 1.82) is 0 Å². The lowest BCUT2D eigenvalue weighted by Crippen LogP contribution is -2.52. The Kier molecular flexibility index (Phi) is 4.70. The van der Waals surface area contributed by atoms with Gasteiger partial charge in [-0.15, -0.1) is 0 Å². The Morgan fingerprint density at radius 1 is 1.40 bits per heavy atom. The number of carbonyl (C=O) groups excluding carboxylic acids is 1. The Bertz CT molecular complexity index is 491. The van der Waals surface area contributed by atoms with E-state index in [1.165, 1.54) is 6.07 Å². The molecule has 1 aliphatic rings. The molecule has 2 atom stereocenters. The van der Waals surface area contributed by atoms with E-state index >= 15 is 0 Å². The average Bonchev–Trinajstić information content (AvgIpc) is 2.43. The second-order valence-corrected chi connectivity index (χ2v) is 5.43. The fourth-order valence-corrected chi connectivity index (χ4v) is 2.74. The highest BCUT2D eigenvalue weighted by molar-refractivity contribution is 5.79. The summed E-state index contributed by atoms with van der Waals surface area (Å²) in [5.41, 5.74) is 6.42. The molecule has 1 amide bonds. The van der Waals surface area contributed by atoms with Crippen LogP contribution in [0.2, 0.25) is 0 Å². The van der Waals surface area contributed by atoms with E-state index in [-0.39, 0.29) is 24.4 Å². The number of amides is 1. The topological polar surface area (TPSA) is 46.3 Å². The molecule has 2 rings (SSSR count). The molecule has 1 aliphatic heterocycles. The van der Waals surface area contributed by atoms with Crippen LogP contribution in [0.1, 0.15) is 31.7 Å². The van der Waals surface area contributed by atoms with Gasteiger partial charge in [-0.1, -0.05) is 6.07 Å². The molecule has 0 radical (unpaired) electrons. The van der Waals surface area contributed by atoms with Crippen LogP contribution in [0.3, 0.4) is 0 Å². The summed E-state index contributed by atoms with van der Waals surface area (Å²) in [7, 11) is 0. The molecular formula is C15H20F2N2O. The van der Waals surface area contributed by atoms with E-state index in [0.717, 1.165) is 31.4 Å². The number of likely N-dealkylation sites (tertiary alicyclic amines) is 1. The molecular weight excluding hydrogens is 262 g/mol. The largest absolute Gasteiger partial charge is 0.338 e. The average molecular weight is 282 g/mol. The number of nitrogens with two attached hydrogens (primary N) is 1. The number of benzene rings is 1. The Morgan fingerprint density at radius 3 is 2.80 bits per heavy atom. The zero-order valence-electron chi connectivity index (χ0n) is 11.6. The molecule has 0 bridgehead atoms. The van der Waals surface area contributed by atoms with Gasteiger partial charge in [0.05, 0.1) is 6.42 Å². The maximum absolute atomic E-state index is 13.2. The highest BCUT2D eigenvalue weighted by atomic mass is 19.2. The molecule has 3 nitrogen and oxygen atoms in total. The van der Waals surface area contributed by atoms with E-state index in [1.54, 1.807) is 4.90 Å². The van der Waals surface area contributed by atoms with E-state index in [4.69, 9.17) is 5.73 Å². The smallest absolute Gasteiger partial charge is 0.227 e. The summed E-state index contributed by atoms with van der Waals surface area (Å²) in [6.07, 6.45) is 3.02. The second-order valence-electron chi connectivity index (χ2n) is 5.43. The van der Waals surface area contributed by atoms with Crippen LogP contribution in [-0.2, 0) is 11.2 Å². The number of rotatable bonds is 3. The number of halogens is 2. The van der Waals surface area contributed by atoms with Gasteiger partial charge in [-0.3, -0.25) is 4.79 Å². The van der Waals surface area contributed by atoms with Crippen molar-refractivity contribution in [2.24, 2.45) is 5.73 Å². The molecule has 1 fully saturated rings. The molecule has 1 heterocycles. The maximum Gasteiger partial charge on any atom is 0.227 e. The predicted octanol–water partition coefficient (Wildman–Crippen LogP) is 2.24. The van der Waals surface area contributed by atoms with Crippen LogP contribution in [0, 0.1) is 11.6 Å². The van der Waals surface area contributed by atoms with E-state index in [9.17, 15) is 13.6 Å². The van der Waals surface area contributed by atoms with Crippen molar-refractivity contribution in [2.75, 3.05) is 6.54 Å². The summed E-state index contributed by atoms with van der Waals surface area (Å²) in [4.78, 5) is 14.1. The molecule has 20 heavy (non-hydrogen) atoms. The number of hydrogen-bond acceptors (Lipinski definition) is 2. The third-order valence-electron chi connectivity index (χ3n) is 3.82. The Balaban J connectivity index is 2.07. The summed E-state index contributed by atoms with van der Waals surface area (Å²) in [5, 5.41) is 0. The molecule has 110 valence electrons. The van der Waals surface area contributed by atoms with Gasteiger partial charge in [0, 0.05) is 18.6 Å². The quantitative estimate of drug-likeness (QED) is 0.924. The Hall–Kier alpha value is -1.49. The molecule has 0 aromatic heterocycles. The van der Waals surface area contributed by atoms with E-state index in [0.29, 0.717) is 12.1 Å². The molecule has 1 aromatic carbocycles. The molecule has 2 N–H and O–H groups in total. The standard InChI is InChI=1S/C15H20F2N2O/c1-10(18)14-4-2-3-7-19(14)15(20)9-11-5-6-12(16)13(17)8-11/h5-6,8,10,14H,2-4,7,9,18H2,1H3. The molecule has 0 saturated carbocycles. The molecule has 1 saturated heterocycles. The van der Waals surface area contributed by atoms with Crippen molar-refractivity contribution in [2.45, 2.75) is 44.7 Å². The fourth-order valence-electron chi connectivity index (χ4n) is 2.74. The minimum atomic E-state index is -0.919. The van der Waals surface area contributed by atoms with Crippen LogP contribution in [0.25, 0.3) is 0 Å². The van der Waals surface area contributed by atoms with Crippen LogP contribution >= 0.6 is 0 Å². The number of hydrogen-bond donors (Lipinski definition) is 1. The van der Waals surface area contributed by atoms with Crippen molar-refractivity contribution in [3.63, 3.8) is 0 Å². The molecule has 5 heteroatoms. The lowest BCUT2D eigenvalue weighted by atomic mass is 9.96. The van der Waals surface area contributed by atoms with Gasteiger partial charge in [0.15, 0.2) is 11.6 Å². The maximum atomic E-state index is 13.2. The first kappa shape index (κ1) is 14.9. The molecule has 2 unspecified atom stereocenters. The van der Waals surface area contributed by atoms with E-state index in [1.807, 2.05) is 6.92 Å². The predicted molar refractivity (Wildman–Crippen MR) is 73.1 cm³/mol. The van der Waals surface area contributed by atoms with E-state index in [2.05, 4.69) is 0 Å². The number of nitrogens with zero attached hydrogens (tertiary/aromatic N) is 1. The van der Waals surface area contributed by atoms with Crippen molar-refractivity contribution in [1.82, 2.24) is 4.90 Å². The van der Waals surface area contributed by atoms with E-state index < -0.39 is 11.6 Å². The van der Waals surface area contributed by atoms with Crippen molar-refractivity contribution in [3.8, 4) is 0 Å². The van der Waals surface area contributed by atoms with Crippen molar-refractivity contribution < 1.29 is 13.6 Å². The van der Waals surface area contributed by atoms with Gasteiger partial charge in [-0.05, 0) is 43.9 Å². The normalized spacial score (nSPS) is 20.8. The summed E-state index contributed by atoms with van der Waals surface area (Å²) < 4.78 is 26.0. The number of carbonyl (C=O) groups is 1. The van der Waals surface area contributed by atoms with Crippen LogP contribution < -0.4 is 5.73 Å². The van der Waals surface area contributed by atoms with Gasteiger partial charge in [-0.2, -0.15) is 0 Å². The van der Waals surface area contributed by atoms with Gasteiger partial charge in [0.2, 0.25) is 5.91 Å². The first-order valence-corrected chi connectivity index (χ1v) is 6.98. The van der Waals surface area contributed by atoms with Gasteiger partial charge in [-0.25, -0.2) is 8.78 Å². The van der Waals surface area contributed by atoms with Crippen LogP contribution in [-0.4, -0.2) is 29.4 Å². The highest BCUT2D eigenvalue weighted by Crippen LogP contribution is 2.20. The highest BCUT2D eigenvalue weighted by Gasteiger charge is 2.29. The zero-order chi connectivity index (χ0) is 14.7. The third-order valence-corrected chi connectivity index (χ3v) is 3.82. The Morgan fingerprint density at radius 2 is 2.15 bits per heavy atom. The molecule has 0 spiro atoms. The Labute approximate surface area is 117 Å². The second kappa shape index (κ2) is 6.31. The molecule has 0 aliphatic carbocycles. The minimum absolute atomic E-state index is 0.0431. The van der Waals surface area contributed by atoms with Gasteiger partial charge >= 0.3 is 0 Å². The van der Waals surface area contributed by atoms with Crippen molar-refractivity contribution >= 4 is 5.91 Å². The fraction of sp³-hybridized carbons (Fsp3) is 0.533. The van der Waals surface area contributed by atoms with Crippen LogP contribution in [0.4, 0.5) is 8.78 Å². The third kappa shape index (κ3) is 3.33. The molecule has 1 aromatic rings. The minimum Gasteiger partial charge on any atom is -0.338 e. The summed E-state index contributed by atoms with van der Waals surface area (Å²) in [6.45, 7) is 2.59. The van der Waals surface area contributed by atoms with Gasteiger partial charge in [0.1, 0.15) is 0 Å². The zero-order valence-corrected chi connectivity index (χ0v) is 11.6. The first-order chi connectivity index (χ1) is 9.49. The SMILES string of the molecule is CC(N)C1CCCCN1C(=O)Cc1ccc(F)c(F)c1.